The maximum Gasteiger partial charge on any atom is 0.282 e. The first-order chi connectivity index (χ1) is 13.8. The Bertz CT molecular complexity index is 1290. The zero-order valence-electron chi connectivity index (χ0n) is 15.5. The van der Waals surface area contributed by atoms with Crippen LogP contribution in [0.4, 0.5) is 0 Å². The van der Waals surface area contributed by atoms with Gasteiger partial charge in [0, 0.05) is 10.4 Å². The third-order valence-electron chi connectivity index (χ3n) is 5.32. The quantitative estimate of drug-likeness (QED) is 0.489. The molecule has 0 saturated heterocycles. The molecule has 0 N–H and O–H groups in total. The number of hydrogen-bond acceptors (Lipinski definition) is 5. The molecular weight excluding hydrogens is 370 g/mol. The van der Waals surface area contributed by atoms with Crippen molar-refractivity contribution in [2.75, 3.05) is 7.11 Å². The molecule has 0 atom stereocenters. The normalized spacial score (nSPS) is 14.0. The van der Waals surface area contributed by atoms with Crippen LogP contribution < -0.4 is 10.3 Å². The second-order valence-corrected chi connectivity index (χ2v) is 8.02. The van der Waals surface area contributed by atoms with Gasteiger partial charge in [0.1, 0.15) is 16.9 Å². The fraction of sp³-hybridized carbons (Fsp3) is 0.227. The summed E-state index contributed by atoms with van der Waals surface area (Å²) in [5.74, 6) is 0.720. The van der Waals surface area contributed by atoms with E-state index in [0.29, 0.717) is 0 Å². The first-order valence-corrected chi connectivity index (χ1v) is 10.2. The van der Waals surface area contributed by atoms with E-state index < -0.39 is 0 Å². The van der Waals surface area contributed by atoms with Gasteiger partial charge in [-0.1, -0.05) is 30.3 Å². The maximum absolute atomic E-state index is 13.1. The van der Waals surface area contributed by atoms with Crippen LogP contribution in [0.15, 0.2) is 52.6 Å². The number of aryl methyl sites for hydroxylation is 2. The van der Waals surface area contributed by atoms with E-state index >= 15 is 0 Å². The molecule has 4 aromatic rings. The van der Waals surface area contributed by atoms with Gasteiger partial charge in [0.15, 0.2) is 0 Å². The van der Waals surface area contributed by atoms with Gasteiger partial charge in [0.25, 0.3) is 5.56 Å². The Labute approximate surface area is 165 Å². The van der Waals surface area contributed by atoms with Crippen LogP contribution in [0, 0.1) is 0 Å². The standard InChI is InChI=1S/C22H19N3O2S/c1-27-18-11-10-14-6-2-3-7-15(14)17(18)12-24-25-13-23-21-20(22(25)26)16-8-4-5-9-19(16)28-21/h2-3,6-7,10-13H,4-5,8-9H2,1H3. The number of hydrogen-bond donors (Lipinski definition) is 0. The third-order valence-corrected chi connectivity index (χ3v) is 6.52. The lowest BCUT2D eigenvalue weighted by molar-refractivity contribution is 0.415. The number of nitrogens with zero attached hydrogens (tertiary/aromatic N) is 3. The zero-order valence-corrected chi connectivity index (χ0v) is 16.3. The molecule has 0 saturated carbocycles. The van der Waals surface area contributed by atoms with Gasteiger partial charge in [0.05, 0.1) is 18.7 Å². The molecule has 2 heterocycles. The van der Waals surface area contributed by atoms with Crippen LogP contribution in [-0.2, 0) is 12.8 Å². The molecular formula is C22H19N3O2S. The monoisotopic (exact) mass is 389 g/mol. The van der Waals surface area contributed by atoms with Crippen molar-refractivity contribution in [3.05, 3.63) is 69.1 Å². The number of methoxy groups -OCH3 is 1. The summed E-state index contributed by atoms with van der Waals surface area (Å²) in [6.45, 7) is 0. The highest BCUT2D eigenvalue weighted by molar-refractivity contribution is 7.18. The van der Waals surface area contributed by atoms with E-state index in [1.165, 1.54) is 27.9 Å². The predicted octanol–water partition coefficient (Wildman–Crippen LogP) is 4.38. The van der Waals surface area contributed by atoms with Gasteiger partial charge in [-0.25, -0.2) is 4.98 Å². The Morgan fingerprint density at radius 1 is 1.18 bits per heavy atom. The summed E-state index contributed by atoms with van der Waals surface area (Å²) in [5.41, 5.74) is 1.93. The van der Waals surface area contributed by atoms with Crippen LogP contribution in [0.5, 0.6) is 5.75 Å². The van der Waals surface area contributed by atoms with Gasteiger partial charge >= 0.3 is 0 Å². The summed E-state index contributed by atoms with van der Waals surface area (Å²) in [6.07, 6.45) is 7.52. The Morgan fingerprint density at radius 2 is 2.04 bits per heavy atom. The predicted molar refractivity (Wildman–Crippen MR) is 114 cm³/mol. The minimum Gasteiger partial charge on any atom is -0.496 e. The maximum atomic E-state index is 13.1. The fourth-order valence-electron chi connectivity index (χ4n) is 3.93. The van der Waals surface area contributed by atoms with Crippen molar-refractivity contribution in [2.45, 2.75) is 25.7 Å². The second kappa shape index (κ2) is 6.87. The van der Waals surface area contributed by atoms with E-state index in [1.54, 1.807) is 24.7 Å². The highest BCUT2D eigenvalue weighted by Crippen LogP contribution is 2.33. The third kappa shape index (κ3) is 2.72. The van der Waals surface area contributed by atoms with Crippen molar-refractivity contribution in [1.29, 1.82) is 0 Å². The van der Waals surface area contributed by atoms with E-state index in [0.717, 1.165) is 51.6 Å². The number of thiophene rings is 1. The smallest absolute Gasteiger partial charge is 0.282 e. The van der Waals surface area contributed by atoms with Gasteiger partial charge in [-0.05, 0) is 48.1 Å². The summed E-state index contributed by atoms with van der Waals surface area (Å²) in [5, 5.41) is 7.32. The summed E-state index contributed by atoms with van der Waals surface area (Å²) in [7, 11) is 1.64. The van der Waals surface area contributed by atoms with Crippen molar-refractivity contribution in [2.24, 2.45) is 5.10 Å². The number of ether oxygens (including phenoxy) is 1. The van der Waals surface area contributed by atoms with Crippen LogP contribution in [0.25, 0.3) is 21.0 Å². The average molecular weight is 389 g/mol. The first kappa shape index (κ1) is 17.1. The number of benzene rings is 2. The molecule has 0 unspecified atom stereocenters. The summed E-state index contributed by atoms with van der Waals surface area (Å²) >= 11 is 1.65. The van der Waals surface area contributed by atoms with Crippen LogP contribution in [0.1, 0.15) is 28.8 Å². The molecule has 0 aliphatic heterocycles. The molecule has 5 rings (SSSR count). The summed E-state index contributed by atoms with van der Waals surface area (Å²) in [6, 6.07) is 12.0. The molecule has 6 heteroatoms. The average Bonchev–Trinajstić information content (AvgIpc) is 3.12. The van der Waals surface area contributed by atoms with Crippen LogP contribution in [0.2, 0.25) is 0 Å². The summed E-state index contributed by atoms with van der Waals surface area (Å²) < 4.78 is 6.85. The van der Waals surface area contributed by atoms with E-state index in [2.05, 4.69) is 10.1 Å². The molecule has 2 aromatic carbocycles. The van der Waals surface area contributed by atoms with Crippen LogP contribution in [0.3, 0.4) is 0 Å². The SMILES string of the molecule is COc1ccc2ccccc2c1C=Nn1cnc2sc3c(c2c1=O)CCCC3. The highest BCUT2D eigenvalue weighted by atomic mass is 32.1. The number of rotatable bonds is 3. The molecule has 2 aromatic heterocycles. The minimum atomic E-state index is -0.0974. The van der Waals surface area contributed by atoms with E-state index in [1.807, 2.05) is 36.4 Å². The minimum absolute atomic E-state index is 0.0974. The van der Waals surface area contributed by atoms with E-state index in [9.17, 15) is 4.79 Å². The topological polar surface area (TPSA) is 56.5 Å². The summed E-state index contributed by atoms with van der Waals surface area (Å²) in [4.78, 5) is 19.7. The Kier molecular flexibility index (Phi) is 4.20. The van der Waals surface area contributed by atoms with Crippen molar-refractivity contribution >= 4 is 38.5 Å². The lowest BCUT2D eigenvalue weighted by Crippen LogP contribution is -2.18. The molecule has 0 radical (unpaired) electrons. The molecule has 0 spiro atoms. The van der Waals surface area contributed by atoms with Gasteiger partial charge < -0.3 is 4.74 Å². The van der Waals surface area contributed by atoms with Crippen LogP contribution >= 0.6 is 11.3 Å². The largest absolute Gasteiger partial charge is 0.496 e. The van der Waals surface area contributed by atoms with E-state index in [-0.39, 0.29) is 5.56 Å². The molecule has 28 heavy (non-hydrogen) atoms. The van der Waals surface area contributed by atoms with Crippen molar-refractivity contribution in [1.82, 2.24) is 9.66 Å². The Balaban J connectivity index is 1.65. The van der Waals surface area contributed by atoms with Gasteiger partial charge in [-0.15, -0.1) is 11.3 Å². The van der Waals surface area contributed by atoms with Crippen molar-refractivity contribution in [3.8, 4) is 5.75 Å². The fourth-order valence-corrected chi connectivity index (χ4v) is 5.15. The van der Waals surface area contributed by atoms with E-state index in [4.69, 9.17) is 4.74 Å². The van der Waals surface area contributed by atoms with Gasteiger partial charge in [-0.2, -0.15) is 9.78 Å². The molecule has 5 nitrogen and oxygen atoms in total. The highest BCUT2D eigenvalue weighted by Gasteiger charge is 2.19. The second-order valence-electron chi connectivity index (χ2n) is 6.93. The molecule has 140 valence electrons. The first-order valence-electron chi connectivity index (χ1n) is 9.38. The lowest BCUT2D eigenvalue weighted by Gasteiger charge is -2.10. The molecule has 1 aliphatic carbocycles. The number of fused-ring (bicyclic) bond motifs is 4. The van der Waals surface area contributed by atoms with Gasteiger partial charge in [-0.3, -0.25) is 4.79 Å². The van der Waals surface area contributed by atoms with Crippen LogP contribution in [-0.4, -0.2) is 23.0 Å². The molecule has 1 aliphatic rings. The van der Waals surface area contributed by atoms with Gasteiger partial charge in [0.2, 0.25) is 0 Å². The molecule has 0 bridgehead atoms. The number of aromatic nitrogens is 2. The molecule has 0 amide bonds. The van der Waals surface area contributed by atoms with Crippen molar-refractivity contribution in [3.63, 3.8) is 0 Å². The Hall–Kier alpha value is -2.99. The lowest BCUT2D eigenvalue weighted by atomic mass is 9.97. The molecule has 0 fully saturated rings. The van der Waals surface area contributed by atoms with Crippen molar-refractivity contribution < 1.29 is 4.74 Å². The zero-order chi connectivity index (χ0) is 19.1. The Morgan fingerprint density at radius 3 is 2.93 bits per heavy atom.